The van der Waals surface area contributed by atoms with Crippen molar-refractivity contribution in [2.45, 2.75) is 198 Å². The van der Waals surface area contributed by atoms with Crippen molar-refractivity contribution in [3.8, 4) is 0 Å². The molecule has 2 saturated carbocycles. The number of nitrogens with two attached hydrogens (primary N) is 8. The molecule has 0 aromatic rings. The van der Waals surface area contributed by atoms with Gasteiger partial charge in [0.1, 0.15) is 134 Å². The molecule has 546 valence electrons. The van der Waals surface area contributed by atoms with Gasteiger partial charge in [0.15, 0.2) is 49.0 Å². The lowest BCUT2D eigenvalue weighted by molar-refractivity contribution is -0.318. The molecule has 6 rings (SSSR count). The number of rotatable bonds is 21. The van der Waals surface area contributed by atoms with Crippen LogP contribution in [0, 0.1) is 11.8 Å². The van der Waals surface area contributed by atoms with Crippen molar-refractivity contribution in [1.29, 1.82) is 0 Å². The highest BCUT2D eigenvalue weighted by atomic mass is 32.3. The van der Waals surface area contributed by atoms with Gasteiger partial charge in [-0.3, -0.25) is 27.8 Å². The predicted octanol–water partition coefficient (Wildman–Crippen LogP) is -16.0. The average Bonchev–Trinajstić information content (AvgIpc) is 1.33. The first-order valence-electron chi connectivity index (χ1n) is 28.2. The minimum Gasteiger partial charge on any atom is -0.396 e. The van der Waals surface area contributed by atoms with Gasteiger partial charge in [0, 0.05) is 38.8 Å². The summed E-state index contributed by atoms with van der Waals surface area (Å²) in [6, 6.07) is -9.70. The fraction of sp³-hybridized carbons (Fsp3) is 0.870. The van der Waals surface area contributed by atoms with Crippen LogP contribution >= 0.6 is 0 Å². The zero-order valence-electron chi connectivity index (χ0n) is 50.4. The number of ether oxygens (including phenoxy) is 8. The molecule has 34 N–H and O–H groups in total. The summed E-state index contributed by atoms with van der Waals surface area (Å²) in [6.07, 6.45) is -38.8. The van der Waals surface area contributed by atoms with Crippen LogP contribution in [0.15, 0.2) is 20.0 Å². The zero-order valence-corrected chi connectivity index (χ0v) is 52.1. The average molecular weight is 1410 g/mol. The number of carbonyl (C=O) groups is 2. The number of likely N-dealkylation sites (N-methyl/N-ethyl adjacent to an activating group) is 2. The molecule has 48 heteroatoms. The van der Waals surface area contributed by atoms with Crippen molar-refractivity contribution in [2.24, 2.45) is 77.7 Å². The number of nitrogens with zero attached hydrogens (tertiary/aromatic N) is 6. The molecule has 94 heavy (non-hydrogen) atoms. The normalized spacial score (nSPS) is 40.7. The smallest absolute Gasteiger partial charge is 0.394 e. The Morgan fingerprint density at radius 2 is 0.660 bits per heavy atom. The molecule has 4 saturated heterocycles. The molecule has 0 aromatic carbocycles. The predicted molar refractivity (Wildman–Crippen MR) is 310 cm³/mol. The van der Waals surface area contributed by atoms with Crippen LogP contribution in [0.2, 0.25) is 0 Å². The van der Waals surface area contributed by atoms with Crippen molar-refractivity contribution >= 4 is 56.5 Å². The Kier molecular flexibility index (Phi) is 29.7. The maximum Gasteiger partial charge on any atom is 0.394 e. The van der Waals surface area contributed by atoms with Crippen molar-refractivity contribution in [2.75, 3.05) is 40.5 Å². The van der Waals surface area contributed by atoms with Crippen LogP contribution in [0.25, 0.3) is 0 Å². The number of carbonyl (C=O) groups excluding carboxylic acids is 2. The molecule has 30 unspecified atom stereocenters. The van der Waals surface area contributed by atoms with Crippen LogP contribution in [0.5, 0.6) is 0 Å². The van der Waals surface area contributed by atoms with E-state index < -0.39 is 279 Å². The van der Waals surface area contributed by atoms with Crippen LogP contribution in [-0.4, -0.2) is 364 Å². The first kappa shape index (κ1) is 81.3. The number of guanidine groups is 4. The number of aliphatic hydroxyl groups is 14. The number of hydrogen-bond donors (Lipinski definition) is 26. The van der Waals surface area contributed by atoms with Gasteiger partial charge in [-0.25, -0.2) is 20.0 Å². The third kappa shape index (κ3) is 20.7. The molecule has 6 aliphatic rings. The summed E-state index contributed by atoms with van der Waals surface area (Å²) in [7, 11) is -7.03. The number of hydrogen-bond acceptors (Lipinski definition) is 32. The summed E-state index contributed by atoms with van der Waals surface area (Å²) in [6.45, 7) is -0.149. The number of aliphatic hydroxyl groups excluding tert-OH is 14. The standard InChI is InChI=1S/C46H84N14O24.2H2O4S/c1-11-13(7-61)35(41(77-11)83-37-21(57-45(51)52)27(69)19(55-43(47)48)29(71)33(37)75)81-39-23(31(73)25(67)15(9-63)79-39)59(3)17(65)5-6-18(66)60(4)24-32(74)26(68)16(10-64)80-40(24)82-36-14(8-62)12(2)78-42(36)84-38-22(58-46(53)54)28(70)20(56-44(49)50)30(72)34(38)76;2*1-5(2,3)4/h11-16,19-42,61-64,67-76H,5-10H2,1-4H3,(H4,47,48,55)(H4,49,50,56)(H4,51,52,57)(H4,53,54,58);2*(H2,1,2,3,4). The Morgan fingerprint density at radius 3 is 0.915 bits per heavy atom. The van der Waals surface area contributed by atoms with E-state index >= 15 is 0 Å². The summed E-state index contributed by atoms with van der Waals surface area (Å²) in [5, 5.41) is 154. The fourth-order valence-corrected chi connectivity index (χ4v) is 11.5. The lowest BCUT2D eigenvalue weighted by Crippen LogP contribution is -2.66. The summed E-state index contributed by atoms with van der Waals surface area (Å²) in [5.41, 5.74) is 44.6. The molecule has 2 amide bonds. The number of aliphatic imine (C=N–C) groups is 4. The van der Waals surface area contributed by atoms with E-state index in [4.69, 9.17) is 119 Å². The van der Waals surface area contributed by atoms with Gasteiger partial charge >= 0.3 is 20.8 Å². The van der Waals surface area contributed by atoms with Crippen LogP contribution in [0.1, 0.15) is 26.7 Å². The van der Waals surface area contributed by atoms with E-state index in [-0.39, 0.29) is 0 Å². The maximum absolute atomic E-state index is 14.2. The van der Waals surface area contributed by atoms with Gasteiger partial charge in [-0.15, -0.1) is 0 Å². The summed E-state index contributed by atoms with van der Waals surface area (Å²) in [5.74, 6) is -6.22. The van der Waals surface area contributed by atoms with E-state index in [1.54, 1.807) is 0 Å². The SMILES string of the molecule is CC1OC(OC2C(O)C(O)C(N=C(N)N)C(O)C2N=C(N)N)C(OC2OC(CO)C(O)C(O)C2N(C)C(=O)CCC(=O)N(C)C2C(OC3C(OC4C(O)C(O)C(N=C(N)N)C(O)C4N=C(N)N)OC(C)C3CO)OC(CO)C(O)C2O)C1CO.O=S(=O)(O)O.O=S(=O)(O)O. The second kappa shape index (κ2) is 34.4. The molecule has 4 heterocycles. The minimum atomic E-state index is -4.67. The first-order chi connectivity index (χ1) is 43.4. The van der Waals surface area contributed by atoms with Gasteiger partial charge in [-0.05, 0) is 13.8 Å². The van der Waals surface area contributed by atoms with Gasteiger partial charge in [-0.2, -0.15) is 16.8 Å². The zero-order chi connectivity index (χ0) is 71.7. The van der Waals surface area contributed by atoms with E-state index in [0.717, 1.165) is 23.9 Å². The van der Waals surface area contributed by atoms with E-state index in [0.29, 0.717) is 0 Å². The Morgan fingerprint density at radius 1 is 0.394 bits per heavy atom. The second-order valence-corrected chi connectivity index (χ2v) is 24.2. The molecule has 4 aliphatic heterocycles. The van der Waals surface area contributed by atoms with Gasteiger partial charge in [0.2, 0.25) is 11.8 Å². The molecular formula is C46H88N14O32S2. The minimum absolute atomic E-state index is 0.565. The second-order valence-electron chi connectivity index (χ2n) is 22.4. The lowest BCUT2D eigenvalue weighted by Gasteiger charge is -2.47. The lowest BCUT2D eigenvalue weighted by atomic mass is 9.81. The van der Waals surface area contributed by atoms with Gasteiger partial charge in [0.25, 0.3) is 0 Å². The fourth-order valence-electron chi connectivity index (χ4n) is 11.5. The van der Waals surface area contributed by atoms with Crippen molar-refractivity contribution in [1.82, 2.24) is 9.80 Å². The highest BCUT2D eigenvalue weighted by Crippen LogP contribution is 2.40. The highest BCUT2D eigenvalue weighted by molar-refractivity contribution is 7.80. The van der Waals surface area contributed by atoms with E-state index in [9.17, 15) is 81.1 Å². The molecule has 30 atom stereocenters. The van der Waals surface area contributed by atoms with E-state index in [1.165, 1.54) is 13.8 Å². The summed E-state index contributed by atoms with van der Waals surface area (Å²) >= 11 is 0. The Hall–Kier alpha value is -5.12. The molecular weight excluding hydrogens is 1320 g/mol. The molecule has 46 nitrogen and oxygen atoms in total. The largest absolute Gasteiger partial charge is 0.396 e. The summed E-state index contributed by atoms with van der Waals surface area (Å²) in [4.78, 5) is 45.7. The number of amides is 2. The molecule has 0 aromatic heterocycles. The highest BCUT2D eigenvalue weighted by Gasteiger charge is 2.59. The Balaban J connectivity index is 0.00000174. The Bertz CT molecular complexity index is 2620. The molecule has 6 fully saturated rings. The van der Waals surface area contributed by atoms with Crippen LogP contribution < -0.4 is 45.9 Å². The van der Waals surface area contributed by atoms with E-state index in [2.05, 4.69) is 20.0 Å². The Labute approximate surface area is 535 Å². The topological polar surface area (TPSA) is 804 Å². The van der Waals surface area contributed by atoms with Crippen molar-refractivity contribution in [3.63, 3.8) is 0 Å². The third-order valence-corrected chi connectivity index (χ3v) is 16.1. The van der Waals surface area contributed by atoms with Gasteiger partial charge < -0.3 is 165 Å². The molecule has 2 aliphatic carbocycles. The van der Waals surface area contributed by atoms with Crippen LogP contribution in [-0.2, 0) is 68.3 Å². The van der Waals surface area contributed by atoms with Crippen molar-refractivity contribution < 1.29 is 154 Å². The van der Waals surface area contributed by atoms with Gasteiger partial charge in [0.05, 0.1) is 38.6 Å². The summed E-state index contributed by atoms with van der Waals surface area (Å²) < 4.78 is 112. The monoisotopic (exact) mass is 1410 g/mol. The molecule has 0 spiro atoms. The quantitative estimate of drug-likeness (QED) is 0.0288. The van der Waals surface area contributed by atoms with E-state index in [1.807, 2.05) is 0 Å². The molecule has 0 radical (unpaired) electrons. The maximum atomic E-state index is 14.2. The van der Waals surface area contributed by atoms with Crippen LogP contribution in [0.3, 0.4) is 0 Å². The third-order valence-electron chi connectivity index (χ3n) is 16.1. The molecule has 0 bridgehead atoms. The van der Waals surface area contributed by atoms with Gasteiger partial charge in [-0.1, -0.05) is 0 Å². The van der Waals surface area contributed by atoms with Crippen LogP contribution in [0.4, 0.5) is 0 Å². The van der Waals surface area contributed by atoms with Crippen molar-refractivity contribution in [3.05, 3.63) is 0 Å². The first-order valence-corrected chi connectivity index (χ1v) is 31.0.